The molecule has 2 aromatic rings. The summed E-state index contributed by atoms with van der Waals surface area (Å²) in [5.74, 6) is -3.02. The average Bonchev–Trinajstić information content (AvgIpc) is 2.71. The number of rotatable bonds is 1. The molecule has 2 aromatic carbocycles. The summed E-state index contributed by atoms with van der Waals surface area (Å²) in [6.45, 7) is 1.87. The Labute approximate surface area is 190 Å². The zero-order chi connectivity index (χ0) is 22.9. The van der Waals surface area contributed by atoms with Gasteiger partial charge in [0, 0.05) is 27.3 Å². The van der Waals surface area contributed by atoms with Crippen LogP contribution in [0.3, 0.4) is 0 Å². The average molecular weight is 454 g/mol. The van der Waals surface area contributed by atoms with Gasteiger partial charge in [0.25, 0.3) is 0 Å². The summed E-state index contributed by atoms with van der Waals surface area (Å²) in [5, 5.41) is 36.3. The molecular weight excluding hydrogens is 430 g/mol. The number of benzene rings is 2. The zero-order valence-corrected chi connectivity index (χ0v) is 18.8. The third-order valence-corrected chi connectivity index (χ3v) is 8.77. The molecule has 0 amide bonds. The summed E-state index contributed by atoms with van der Waals surface area (Å²) in [5.41, 5.74) is 0.122. The Hall–Kier alpha value is -2.41. The topological polar surface area (TPSA) is 98.1 Å². The molecule has 0 spiro atoms. The number of phenols is 1. The number of aliphatic hydroxyl groups is 2. The highest BCUT2D eigenvalue weighted by Crippen LogP contribution is 2.58. The molecule has 4 aliphatic rings. The fraction of sp³-hybridized carbons (Fsp3) is 0.440. The predicted molar refractivity (Wildman–Crippen MR) is 119 cm³/mol. The minimum Gasteiger partial charge on any atom is -0.508 e. The maximum atomic E-state index is 13.9. The summed E-state index contributed by atoms with van der Waals surface area (Å²) >= 11 is 6.60. The molecule has 5 atom stereocenters. The monoisotopic (exact) mass is 453 g/mol. The quantitative estimate of drug-likeness (QED) is 0.612. The van der Waals surface area contributed by atoms with E-state index in [4.69, 9.17) is 11.6 Å². The van der Waals surface area contributed by atoms with E-state index in [0.717, 1.165) is 17.5 Å². The highest BCUT2D eigenvalue weighted by molar-refractivity contribution is 6.36. The van der Waals surface area contributed by atoms with Gasteiger partial charge in [-0.05, 0) is 74.9 Å². The summed E-state index contributed by atoms with van der Waals surface area (Å²) in [7, 11) is 3.50. The highest BCUT2D eigenvalue weighted by Gasteiger charge is 2.63. The first-order valence-corrected chi connectivity index (χ1v) is 11.4. The molecule has 4 bridgehead atoms. The van der Waals surface area contributed by atoms with Crippen molar-refractivity contribution >= 4 is 33.9 Å². The Morgan fingerprint density at radius 1 is 1.09 bits per heavy atom. The Morgan fingerprint density at radius 3 is 2.41 bits per heavy atom. The van der Waals surface area contributed by atoms with Gasteiger partial charge in [-0.1, -0.05) is 17.7 Å². The summed E-state index contributed by atoms with van der Waals surface area (Å²) < 4.78 is 0. The van der Waals surface area contributed by atoms with Crippen molar-refractivity contribution in [3.05, 3.63) is 50.7 Å². The van der Waals surface area contributed by atoms with Gasteiger partial charge in [0.1, 0.15) is 11.5 Å². The lowest BCUT2D eigenvalue weighted by Gasteiger charge is -2.51. The molecule has 1 saturated carbocycles. The first-order chi connectivity index (χ1) is 15.1. The van der Waals surface area contributed by atoms with E-state index in [9.17, 15) is 24.9 Å². The van der Waals surface area contributed by atoms with E-state index in [1.54, 1.807) is 25.1 Å². The van der Waals surface area contributed by atoms with Crippen LogP contribution in [-0.2, 0) is 11.2 Å². The molecule has 0 radical (unpaired) electrons. The standard InChI is InChI=1S/C25H24ClNO5/c1-9-13-8-14-20(27(2)3)22(29)18-12-5-4-10(12)11-6-7-15(26)16(9)17(11)21(28)19(13)24(31)25(14,32)23(18)30/h6-7,10,12,14,20,28,30,32H,4-5,8H2,1-3H3. The Kier molecular flexibility index (Phi) is 3.87. The summed E-state index contributed by atoms with van der Waals surface area (Å²) in [6, 6.07) is 2.89. The SMILES string of the molecule is Cc1c2c3c(O)c4c(ccc(Cl)c14)C1CCC1C1=C(O)C(O)(C3=O)C(C2)C(N(C)C)C1=O. The number of carbonyl (C=O) groups excluding carboxylic acids is 2. The molecule has 1 fully saturated rings. The Morgan fingerprint density at radius 2 is 1.78 bits per heavy atom. The number of carbonyl (C=O) groups is 2. The van der Waals surface area contributed by atoms with E-state index in [0.29, 0.717) is 27.8 Å². The molecule has 0 aliphatic heterocycles. The second-order valence-corrected chi connectivity index (χ2v) is 10.4. The molecule has 0 saturated heterocycles. The lowest BCUT2D eigenvalue weighted by Crippen LogP contribution is -2.65. The number of Topliss-reactive ketones (excluding diaryl/α,β-unsaturated/α-hetero) is 2. The lowest BCUT2D eigenvalue weighted by atomic mass is 9.55. The minimum absolute atomic E-state index is 0.0350. The van der Waals surface area contributed by atoms with E-state index in [1.165, 1.54) is 0 Å². The number of hydrogen-bond acceptors (Lipinski definition) is 6. The summed E-state index contributed by atoms with van der Waals surface area (Å²) in [4.78, 5) is 29.3. The van der Waals surface area contributed by atoms with Gasteiger partial charge in [-0.2, -0.15) is 0 Å². The van der Waals surface area contributed by atoms with Crippen molar-refractivity contribution in [1.29, 1.82) is 0 Å². The first kappa shape index (κ1) is 20.2. The summed E-state index contributed by atoms with van der Waals surface area (Å²) in [6.07, 6.45) is 1.58. The Balaban J connectivity index is 1.84. The molecule has 6 nitrogen and oxygen atoms in total. The number of nitrogens with zero attached hydrogens (tertiary/aromatic N) is 1. The van der Waals surface area contributed by atoms with Crippen LogP contribution >= 0.6 is 11.6 Å². The van der Waals surface area contributed by atoms with Gasteiger partial charge >= 0.3 is 0 Å². The van der Waals surface area contributed by atoms with Crippen molar-refractivity contribution in [1.82, 2.24) is 4.90 Å². The number of aromatic hydroxyl groups is 1. The maximum absolute atomic E-state index is 13.9. The van der Waals surface area contributed by atoms with Crippen molar-refractivity contribution in [3.63, 3.8) is 0 Å². The fourth-order valence-electron chi connectivity index (χ4n) is 6.81. The van der Waals surface area contributed by atoms with E-state index in [2.05, 4.69) is 0 Å². The van der Waals surface area contributed by atoms with Crippen LogP contribution in [0.5, 0.6) is 5.75 Å². The van der Waals surface area contributed by atoms with Crippen LogP contribution in [0.4, 0.5) is 0 Å². The van der Waals surface area contributed by atoms with Crippen molar-refractivity contribution in [2.24, 2.45) is 11.8 Å². The largest absolute Gasteiger partial charge is 0.508 e. The number of halogens is 1. The van der Waals surface area contributed by atoms with Gasteiger partial charge in [-0.15, -0.1) is 0 Å². The van der Waals surface area contributed by atoms with Crippen LogP contribution in [0.15, 0.2) is 23.5 Å². The van der Waals surface area contributed by atoms with Crippen molar-refractivity contribution in [3.8, 4) is 5.75 Å². The minimum atomic E-state index is -2.25. The van der Waals surface area contributed by atoms with Gasteiger partial charge in [-0.3, -0.25) is 14.5 Å². The Bertz CT molecular complexity index is 1310. The van der Waals surface area contributed by atoms with Gasteiger partial charge in [0.15, 0.2) is 11.4 Å². The van der Waals surface area contributed by atoms with Gasteiger partial charge < -0.3 is 15.3 Å². The number of likely N-dealkylation sites (N-methyl/N-ethyl adjacent to an activating group) is 1. The lowest BCUT2D eigenvalue weighted by molar-refractivity contribution is -0.130. The normalized spacial score (nSPS) is 32.8. The molecule has 32 heavy (non-hydrogen) atoms. The number of aliphatic hydroxyl groups excluding tert-OH is 1. The highest BCUT2D eigenvalue weighted by atomic mass is 35.5. The fourth-order valence-corrected chi connectivity index (χ4v) is 7.11. The molecule has 6 rings (SSSR count). The van der Waals surface area contributed by atoms with Crippen molar-refractivity contribution in [2.45, 2.75) is 43.7 Å². The van der Waals surface area contributed by atoms with Gasteiger partial charge in [0.2, 0.25) is 5.78 Å². The zero-order valence-electron chi connectivity index (χ0n) is 18.1. The number of phenolic OH excluding ortho intramolecular Hbond substituents is 1. The smallest absolute Gasteiger partial charge is 0.206 e. The van der Waals surface area contributed by atoms with E-state index in [-0.39, 0.29) is 40.9 Å². The van der Waals surface area contributed by atoms with E-state index < -0.39 is 29.1 Å². The van der Waals surface area contributed by atoms with Crippen LogP contribution in [0, 0.1) is 18.8 Å². The third kappa shape index (κ3) is 2.05. The number of fused-ring (bicyclic) bond motifs is 3. The van der Waals surface area contributed by atoms with E-state index >= 15 is 0 Å². The van der Waals surface area contributed by atoms with Crippen LogP contribution in [0.2, 0.25) is 5.02 Å². The molecule has 4 aliphatic carbocycles. The predicted octanol–water partition coefficient (Wildman–Crippen LogP) is 3.43. The molecular formula is C25H24ClNO5. The molecule has 166 valence electrons. The maximum Gasteiger partial charge on any atom is 0.206 e. The third-order valence-electron chi connectivity index (χ3n) is 8.46. The van der Waals surface area contributed by atoms with Crippen LogP contribution in [0.25, 0.3) is 10.8 Å². The van der Waals surface area contributed by atoms with Crippen LogP contribution < -0.4 is 0 Å². The van der Waals surface area contributed by atoms with Crippen LogP contribution in [-0.4, -0.2) is 57.5 Å². The first-order valence-electron chi connectivity index (χ1n) is 11.0. The second kappa shape index (κ2) is 6.13. The van der Waals surface area contributed by atoms with Crippen molar-refractivity contribution < 1.29 is 24.9 Å². The number of hydrogen-bond donors (Lipinski definition) is 3. The molecule has 3 N–H and O–H groups in total. The molecule has 0 aromatic heterocycles. The van der Waals surface area contributed by atoms with E-state index in [1.807, 2.05) is 13.0 Å². The van der Waals surface area contributed by atoms with Crippen molar-refractivity contribution in [2.75, 3.05) is 14.1 Å². The second-order valence-electron chi connectivity index (χ2n) is 9.95. The van der Waals surface area contributed by atoms with Gasteiger partial charge in [0.05, 0.1) is 11.6 Å². The number of ketones is 2. The number of aryl methyl sites for hydroxylation is 1. The molecule has 0 heterocycles. The van der Waals surface area contributed by atoms with Crippen LogP contribution in [0.1, 0.15) is 45.8 Å². The van der Waals surface area contributed by atoms with Gasteiger partial charge in [-0.25, -0.2) is 0 Å². The molecule has 5 unspecified atom stereocenters. The molecule has 7 heteroatoms.